The molecule has 0 N–H and O–H groups in total. The molecule has 0 bridgehead atoms. The van der Waals surface area contributed by atoms with E-state index in [0.29, 0.717) is 59.5 Å². The second kappa shape index (κ2) is 40.3. The lowest BCUT2D eigenvalue weighted by molar-refractivity contribution is -0.373. The summed E-state index contributed by atoms with van der Waals surface area (Å²) in [5, 5.41) is 0. The van der Waals surface area contributed by atoms with Crippen molar-refractivity contribution in [1.29, 1.82) is 0 Å². The topological polar surface area (TPSA) is 102 Å². The van der Waals surface area contributed by atoms with Gasteiger partial charge in [-0.15, -0.1) is 0 Å². The summed E-state index contributed by atoms with van der Waals surface area (Å²) in [5.74, 6) is 0. The fraction of sp³-hybridized carbons (Fsp3) is 1.00. The normalized spacial score (nSPS) is 28.8. The molecule has 49 heavy (non-hydrogen) atoms. The first kappa shape index (κ1) is 55.3. The van der Waals surface area contributed by atoms with Crippen LogP contribution < -0.4 is 0 Å². The van der Waals surface area contributed by atoms with Crippen LogP contribution in [0.2, 0.25) is 0 Å². The fourth-order valence-corrected chi connectivity index (χ4v) is 5.12. The summed E-state index contributed by atoms with van der Waals surface area (Å²) < 4.78 is 68.2. The van der Waals surface area contributed by atoms with Gasteiger partial charge in [0.15, 0.2) is 12.6 Å². The summed E-state index contributed by atoms with van der Waals surface area (Å²) in [6, 6.07) is 0. The van der Waals surface area contributed by atoms with Gasteiger partial charge in [-0.05, 0) is 55.4 Å². The van der Waals surface area contributed by atoms with Crippen LogP contribution in [0.5, 0.6) is 0 Å². The average Bonchev–Trinajstić information content (AvgIpc) is 3.15. The van der Waals surface area contributed by atoms with Gasteiger partial charge in [-0.3, -0.25) is 0 Å². The van der Waals surface area contributed by atoms with Crippen molar-refractivity contribution in [3.63, 3.8) is 0 Å². The summed E-state index contributed by atoms with van der Waals surface area (Å²) in [6.45, 7) is 40.0. The molecule has 10 atom stereocenters. The second-order valence-corrected chi connectivity index (χ2v) is 9.06. The Hall–Kier alpha value is -0.440. The zero-order chi connectivity index (χ0) is 38.6. The molecule has 2 rings (SSSR count). The third kappa shape index (κ3) is 20.4. The Labute approximate surface area is 304 Å². The SMILES string of the molecule is CC.CC.CC.CC.CC.CCOCC1OC(OC2C(COCC)OC(OCC)C(OCC)C2OCC)C(OCC)C(OCC)C1OCC. The molecule has 2 heterocycles. The summed E-state index contributed by atoms with van der Waals surface area (Å²) in [6.07, 6.45) is -5.36. The molecule has 0 aromatic rings. The first-order valence-corrected chi connectivity index (χ1v) is 19.9. The minimum atomic E-state index is -0.810. The molecule has 0 amide bonds. The van der Waals surface area contributed by atoms with Crippen LogP contribution in [0.25, 0.3) is 0 Å². The monoisotopic (exact) mass is 717 g/mol. The van der Waals surface area contributed by atoms with Gasteiger partial charge in [0.25, 0.3) is 0 Å². The number of rotatable bonds is 20. The van der Waals surface area contributed by atoms with Gasteiger partial charge in [-0.25, -0.2) is 0 Å². The van der Waals surface area contributed by atoms with E-state index in [1.165, 1.54) is 0 Å². The fourth-order valence-electron chi connectivity index (χ4n) is 5.12. The highest BCUT2D eigenvalue weighted by Crippen LogP contribution is 2.35. The van der Waals surface area contributed by atoms with Crippen molar-refractivity contribution in [1.82, 2.24) is 0 Å². The first-order valence-electron chi connectivity index (χ1n) is 19.9. The second-order valence-electron chi connectivity index (χ2n) is 9.06. The Kier molecular flexibility index (Phi) is 45.5. The molecule has 2 saturated heterocycles. The maximum atomic E-state index is 6.78. The van der Waals surface area contributed by atoms with Crippen molar-refractivity contribution < 1.29 is 52.1 Å². The van der Waals surface area contributed by atoms with Crippen LogP contribution >= 0.6 is 0 Å². The van der Waals surface area contributed by atoms with Crippen LogP contribution in [0, 0.1) is 0 Å². The van der Waals surface area contributed by atoms with Crippen molar-refractivity contribution in [3.8, 4) is 0 Å². The lowest BCUT2D eigenvalue weighted by Crippen LogP contribution is -2.66. The van der Waals surface area contributed by atoms with Crippen molar-refractivity contribution in [2.24, 2.45) is 0 Å². The molecule has 0 spiro atoms. The Balaban J connectivity index is -0.000000924. The smallest absolute Gasteiger partial charge is 0.187 e. The molecule has 0 radical (unpaired) electrons. The summed E-state index contributed by atoms with van der Waals surface area (Å²) >= 11 is 0. The summed E-state index contributed by atoms with van der Waals surface area (Å²) in [4.78, 5) is 0. The molecular weight excluding hydrogens is 632 g/mol. The molecule has 11 heteroatoms. The van der Waals surface area contributed by atoms with Gasteiger partial charge in [0.2, 0.25) is 0 Å². The minimum absolute atomic E-state index is 0.290. The predicted octanol–water partition coefficient (Wildman–Crippen LogP) is 8.09. The highest BCUT2D eigenvalue weighted by atomic mass is 16.8. The molecule has 2 aliphatic heterocycles. The number of hydrogen-bond donors (Lipinski definition) is 0. The molecule has 0 aromatic heterocycles. The van der Waals surface area contributed by atoms with Crippen LogP contribution in [0.1, 0.15) is 125 Å². The molecule has 0 saturated carbocycles. The van der Waals surface area contributed by atoms with Crippen molar-refractivity contribution in [3.05, 3.63) is 0 Å². The van der Waals surface area contributed by atoms with E-state index in [1.54, 1.807) is 0 Å². The standard InChI is InChI=1S/C28H54O11.5C2H6/c1-9-29-17-19-21(31-11-3)23(32-12-4)26(35-15-7)28(38-19)39-22-20(18-30-10-2)37-27(36-16-8)25(34-14-6)24(22)33-13-5;5*1-2/h19-28H,9-18H2,1-8H3;5*1-2H3. The lowest BCUT2D eigenvalue weighted by Gasteiger charge is -2.50. The number of hydrogen-bond acceptors (Lipinski definition) is 11. The number of ether oxygens (including phenoxy) is 11. The average molecular weight is 717 g/mol. The molecular formula is C38H84O11. The zero-order valence-corrected chi connectivity index (χ0v) is 35.3. The van der Waals surface area contributed by atoms with E-state index in [-0.39, 0.29) is 12.7 Å². The Morgan fingerprint density at radius 2 is 0.633 bits per heavy atom. The third-order valence-corrected chi connectivity index (χ3v) is 6.57. The van der Waals surface area contributed by atoms with Gasteiger partial charge in [-0.2, -0.15) is 0 Å². The van der Waals surface area contributed by atoms with Gasteiger partial charge >= 0.3 is 0 Å². The van der Waals surface area contributed by atoms with Crippen LogP contribution in [-0.2, 0) is 52.1 Å². The highest BCUT2D eigenvalue weighted by molar-refractivity contribution is 4.97. The Morgan fingerprint density at radius 1 is 0.327 bits per heavy atom. The van der Waals surface area contributed by atoms with Crippen molar-refractivity contribution in [2.45, 2.75) is 186 Å². The predicted molar refractivity (Wildman–Crippen MR) is 201 cm³/mol. The quantitative estimate of drug-likeness (QED) is 0.122. The maximum Gasteiger partial charge on any atom is 0.187 e. The van der Waals surface area contributed by atoms with Crippen LogP contribution in [0.4, 0.5) is 0 Å². The van der Waals surface area contributed by atoms with Crippen molar-refractivity contribution >= 4 is 0 Å². The van der Waals surface area contributed by atoms with Gasteiger partial charge in [-0.1, -0.05) is 69.2 Å². The van der Waals surface area contributed by atoms with E-state index < -0.39 is 55.3 Å². The van der Waals surface area contributed by atoms with Crippen LogP contribution in [0.15, 0.2) is 0 Å². The molecule has 2 fully saturated rings. The zero-order valence-electron chi connectivity index (χ0n) is 35.3. The highest BCUT2D eigenvalue weighted by Gasteiger charge is 2.54. The van der Waals surface area contributed by atoms with Crippen LogP contribution in [0.3, 0.4) is 0 Å². The first-order chi connectivity index (χ1) is 24.0. The molecule has 10 unspecified atom stereocenters. The van der Waals surface area contributed by atoms with E-state index >= 15 is 0 Å². The van der Waals surface area contributed by atoms with Gasteiger partial charge in [0, 0.05) is 52.9 Å². The molecule has 302 valence electrons. The molecule has 0 aromatic carbocycles. The maximum absolute atomic E-state index is 6.78. The Morgan fingerprint density at radius 3 is 1.02 bits per heavy atom. The van der Waals surface area contributed by atoms with Gasteiger partial charge < -0.3 is 52.1 Å². The minimum Gasteiger partial charge on any atom is -0.379 e. The van der Waals surface area contributed by atoms with Gasteiger partial charge in [0.05, 0.1) is 13.2 Å². The molecule has 11 nitrogen and oxygen atoms in total. The molecule has 0 aliphatic carbocycles. The third-order valence-electron chi connectivity index (χ3n) is 6.57. The van der Waals surface area contributed by atoms with E-state index in [2.05, 4.69) is 0 Å². The van der Waals surface area contributed by atoms with Crippen molar-refractivity contribution in [2.75, 3.05) is 66.1 Å². The van der Waals surface area contributed by atoms with E-state index in [0.717, 1.165) is 0 Å². The molecule has 2 aliphatic rings. The largest absolute Gasteiger partial charge is 0.379 e. The van der Waals surface area contributed by atoms with E-state index in [1.807, 2.05) is 125 Å². The Bertz CT molecular complexity index is 616. The summed E-state index contributed by atoms with van der Waals surface area (Å²) in [5.41, 5.74) is 0. The van der Waals surface area contributed by atoms with E-state index in [9.17, 15) is 0 Å². The van der Waals surface area contributed by atoms with E-state index in [4.69, 9.17) is 52.1 Å². The lowest BCUT2D eigenvalue weighted by atomic mass is 9.96. The van der Waals surface area contributed by atoms with Gasteiger partial charge in [0.1, 0.15) is 48.8 Å². The van der Waals surface area contributed by atoms with Crippen LogP contribution in [-0.4, -0.2) is 127 Å². The summed E-state index contributed by atoms with van der Waals surface area (Å²) in [7, 11) is 0.